The van der Waals surface area contributed by atoms with E-state index in [0.717, 1.165) is 19.3 Å². The van der Waals surface area contributed by atoms with Crippen LogP contribution in [0.5, 0.6) is 11.8 Å². The predicted molar refractivity (Wildman–Crippen MR) is 136 cm³/mol. The number of anilines is 1. The number of phenolic OH excluding ortho intramolecular Hbond substituents is 1. The first kappa shape index (κ1) is 23.6. The van der Waals surface area contributed by atoms with Gasteiger partial charge in [0.2, 0.25) is 0 Å². The molecule has 2 aromatic carbocycles. The first-order chi connectivity index (χ1) is 17.3. The van der Waals surface area contributed by atoms with Gasteiger partial charge in [-0.05, 0) is 56.8 Å². The standard InChI is InChI=1S/C27H25FN4O4/c1-5-17-19(28)8-7-15-11-16(33)12-18(20(15)17)23-14(2)22-21(25(34)36-23)24(32-26(31-22)35-4)30-13-27(29-3)9-6-10-27/h1,7-8,11-12,29,33H,6,9-10,13H2,2-4H3,(H,30,31,32). The summed E-state index contributed by atoms with van der Waals surface area (Å²) < 4.78 is 25.7. The van der Waals surface area contributed by atoms with Crippen LogP contribution in [0.2, 0.25) is 0 Å². The van der Waals surface area contributed by atoms with Crippen molar-refractivity contribution in [3.63, 3.8) is 0 Å². The molecule has 3 N–H and O–H groups in total. The van der Waals surface area contributed by atoms with E-state index in [-0.39, 0.29) is 39.6 Å². The summed E-state index contributed by atoms with van der Waals surface area (Å²) in [5, 5.41) is 18.0. The van der Waals surface area contributed by atoms with Crippen molar-refractivity contribution < 1.29 is 18.7 Å². The molecule has 8 nitrogen and oxygen atoms in total. The molecule has 0 unspecified atom stereocenters. The fourth-order valence-electron chi connectivity index (χ4n) is 4.83. The van der Waals surface area contributed by atoms with Crippen molar-refractivity contribution in [2.24, 2.45) is 0 Å². The van der Waals surface area contributed by atoms with Crippen LogP contribution >= 0.6 is 0 Å². The number of hydrogen-bond donors (Lipinski definition) is 3. The molecule has 4 aromatic rings. The number of phenols is 1. The number of methoxy groups -OCH3 is 1. The van der Waals surface area contributed by atoms with Gasteiger partial charge in [0.1, 0.15) is 28.5 Å². The fourth-order valence-corrected chi connectivity index (χ4v) is 4.83. The lowest BCUT2D eigenvalue weighted by atomic mass is 9.77. The Balaban J connectivity index is 1.76. The Morgan fingerprint density at radius 1 is 1.28 bits per heavy atom. The van der Waals surface area contributed by atoms with Crippen molar-refractivity contribution in [3.05, 3.63) is 51.6 Å². The van der Waals surface area contributed by atoms with Crippen LogP contribution in [-0.2, 0) is 0 Å². The molecular weight excluding hydrogens is 463 g/mol. The molecule has 0 bridgehead atoms. The predicted octanol–water partition coefficient (Wildman–Crippen LogP) is 4.10. The zero-order valence-electron chi connectivity index (χ0n) is 20.2. The van der Waals surface area contributed by atoms with E-state index in [4.69, 9.17) is 15.6 Å². The number of aromatic hydroxyl groups is 1. The molecule has 184 valence electrons. The molecule has 0 saturated heterocycles. The first-order valence-corrected chi connectivity index (χ1v) is 11.6. The summed E-state index contributed by atoms with van der Waals surface area (Å²) in [6.45, 7) is 2.28. The van der Waals surface area contributed by atoms with E-state index in [9.17, 15) is 14.3 Å². The van der Waals surface area contributed by atoms with Gasteiger partial charge in [0.25, 0.3) is 0 Å². The molecule has 36 heavy (non-hydrogen) atoms. The van der Waals surface area contributed by atoms with Gasteiger partial charge in [-0.1, -0.05) is 12.0 Å². The minimum absolute atomic E-state index is 0.00475. The molecule has 5 rings (SSSR count). The zero-order valence-corrected chi connectivity index (χ0v) is 20.2. The second-order valence-electron chi connectivity index (χ2n) is 9.02. The van der Waals surface area contributed by atoms with Crippen molar-refractivity contribution >= 4 is 27.5 Å². The van der Waals surface area contributed by atoms with Gasteiger partial charge in [0.05, 0.1) is 18.2 Å². The van der Waals surface area contributed by atoms with E-state index in [1.54, 1.807) is 6.92 Å². The summed E-state index contributed by atoms with van der Waals surface area (Å²) in [6, 6.07) is 5.69. The van der Waals surface area contributed by atoms with Crippen molar-refractivity contribution in [1.29, 1.82) is 0 Å². The van der Waals surface area contributed by atoms with Crippen LogP contribution in [0.4, 0.5) is 10.2 Å². The molecule has 0 spiro atoms. The third-order valence-corrected chi connectivity index (χ3v) is 7.04. The number of benzene rings is 2. The van der Waals surface area contributed by atoms with E-state index < -0.39 is 11.4 Å². The number of ether oxygens (including phenoxy) is 1. The van der Waals surface area contributed by atoms with Gasteiger partial charge in [-0.25, -0.2) is 9.18 Å². The minimum Gasteiger partial charge on any atom is -0.508 e. The highest BCUT2D eigenvalue weighted by molar-refractivity contribution is 6.03. The molecule has 2 heterocycles. The Morgan fingerprint density at radius 3 is 2.69 bits per heavy atom. The molecule has 0 atom stereocenters. The maximum absolute atomic E-state index is 14.6. The molecule has 0 radical (unpaired) electrons. The molecule has 1 saturated carbocycles. The summed E-state index contributed by atoms with van der Waals surface area (Å²) in [4.78, 5) is 22.2. The second-order valence-corrected chi connectivity index (χ2v) is 9.02. The Bertz CT molecular complexity index is 1610. The molecule has 2 aromatic heterocycles. The van der Waals surface area contributed by atoms with Crippen molar-refractivity contribution in [1.82, 2.24) is 15.3 Å². The van der Waals surface area contributed by atoms with Crippen LogP contribution in [0.25, 0.3) is 33.0 Å². The summed E-state index contributed by atoms with van der Waals surface area (Å²) in [5.74, 6) is 2.11. The third-order valence-electron chi connectivity index (χ3n) is 7.04. The summed E-state index contributed by atoms with van der Waals surface area (Å²) in [5.41, 5.74) is 0.334. The summed E-state index contributed by atoms with van der Waals surface area (Å²) >= 11 is 0. The maximum Gasteiger partial charge on any atom is 0.349 e. The van der Waals surface area contributed by atoms with Crippen LogP contribution in [0.15, 0.2) is 33.5 Å². The van der Waals surface area contributed by atoms with E-state index in [2.05, 4.69) is 26.5 Å². The van der Waals surface area contributed by atoms with Crippen LogP contribution in [0, 0.1) is 25.1 Å². The number of fused-ring (bicyclic) bond motifs is 2. The van der Waals surface area contributed by atoms with E-state index >= 15 is 0 Å². The van der Waals surface area contributed by atoms with Crippen molar-refractivity contribution in [3.8, 4) is 35.4 Å². The topological polar surface area (TPSA) is 110 Å². The molecule has 1 fully saturated rings. The average molecular weight is 489 g/mol. The first-order valence-electron chi connectivity index (χ1n) is 11.6. The SMILES string of the molecule is C#Cc1c(F)ccc2cc(O)cc(-c3oc(=O)c4c(NCC5(NC)CCC5)nc(OC)nc4c3C)c12. The molecule has 0 aliphatic heterocycles. The molecule has 1 aliphatic rings. The highest BCUT2D eigenvalue weighted by Crippen LogP contribution is 2.39. The monoisotopic (exact) mass is 488 g/mol. The van der Waals surface area contributed by atoms with Gasteiger partial charge < -0.3 is 24.9 Å². The number of nitrogens with zero attached hydrogens (tertiary/aromatic N) is 2. The number of halogens is 1. The van der Waals surface area contributed by atoms with E-state index in [0.29, 0.717) is 34.2 Å². The number of aryl methyl sites for hydroxylation is 1. The highest BCUT2D eigenvalue weighted by atomic mass is 19.1. The number of aromatic nitrogens is 2. The fraction of sp³-hybridized carbons (Fsp3) is 0.296. The van der Waals surface area contributed by atoms with Crippen molar-refractivity contribution in [2.75, 3.05) is 26.0 Å². The quantitative estimate of drug-likeness (QED) is 0.348. The number of terminal acetylenes is 1. The average Bonchev–Trinajstić information content (AvgIpc) is 2.85. The number of hydrogen-bond acceptors (Lipinski definition) is 8. The normalized spacial score (nSPS) is 14.4. The number of nitrogens with one attached hydrogen (secondary N) is 2. The highest BCUT2D eigenvalue weighted by Gasteiger charge is 2.35. The van der Waals surface area contributed by atoms with Crippen LogP contribution < -0.4 is 21.0 Å². The third kappa shape index (κ3) is 3.71. The summed E-state index contributed by atoms with van der Waals surface area (Å²) in [7, 11) is 3.36. The zero-order chi connectivity index (χ0) is 25.6. The van der Waals surface area contributed by atoms with Crippen molar-refractivity contribution in [2.45, 2.75) is 31.7 Å². The van der Waals surface area contributed by atoms with Crippen LogP contribution in [0.3, 0.4) is 0 Å². The second kappa shape index (κ2) is 8.81. The minimum atomic E-state index is -0.682. The Kier molecular flexibility index (Phi) is 5.77. The molecule has 0 amide bonds. The van der Waals surface area contributed by atoms with Gasteiger partial charge >= 0.3 is 11.6 Å². The van der Waals surface area contributed by atoms with Gasteiger partial charge in [0, 0.05) is 28.6 Å². The Morgan fingerprint density at radius 2 is 2.06 bits per heavy atom. The Labute approximate surface area is 206 Å². The largest absolute Gasteiger partial charge is 0.508 e. The van der Waals surface area contributed by atoms with Crippen LogP contribution in [0.1, 0.15) is 30.4 Å². The van der Waals surface area contributed by atoms with Gasteiger partial charge in [-0.15, -0.1) is 6.42 Å². The molecule has 9 heteroatoms. The lowest BCUT2D eigenvalue weighted by Gasteiger charge is -2.42. The summed E-state index contributed by atoms with van der Waals surface area (Å²) in [6.07, 6.45) is 8.76. The maximum atomic E-state index is 14.6. The smallest absolute Gasteiger partial charge is 0.349 e. The lowest BCUT2D eigenvalue weighted by Crippen LogP contribution is -2.54. The van der Waals surface area contributed by atoms with Crippen LogP contribution in [-0.4, -0.2) is 41.3 Å². The molecule has 1 aliphatic carbocycles. The van der Waals surface area contributed by atoms with Gasteiger partial charge in [0.15, 0.2) is 0 Å². The van der Waals surface area contributed by atoms with Gasteiger partial charge in [-0.2, -0.15) is 9.97 Å². The number of rotatable bonds is 6. The van der Waals surface area contributed by atoms with Gasteiger partial charge in [-0.3, -0.25) is 0 Å². The number of likely N-dealkylation sites (N-methyl/N-ethyl adjacent to an activating group) is 1. The lowest BCUT2D eigenvalue weighted by molar-refractivity contribution is 0.214. The molecular formula is C27H25FN4O4. The van der Waals surface area contributed by atoms with E-state index in [1.165, 1.54) is 31.4 Å². The van der Waals surface area contributed by atoms with E-state index in [1.807, 2.05) is 7.05 Å². The Hall–Kier alpha value is -4.16.